The predicted molar refractivity (Wildman–Crippen MR) is 106 cm³/mol. The van der Waals surface area contributed by atoms with E-state index in [1.165, 1.54) is 0 Å². The Hall–Kier alpha value is -3.58. The number of nitrogens with two attached hydrogens (primary N) is 1. The van der Waals surface area contributed by atoms with Gasteiger partial charge in [0.25, 0.3) is 5.56 Å². The highest BCUT2D eigenvalue weighted by Gasteiger charge is 2.16. The summed E-state index contributed by atoms with van der Waals surface area (Å²) in [5, 5.41) is 13.5. The van der Waals surface area contributed by atoms with Gasteiger partial charge in [-0.2, -0.15) is 0 Å². The van der Waals surface area contributed by atoms with Gasteiger partial charge in [-0.05, 0) is 23.8 Å². The van der Waals surface area contributed by atoms with Crippen LogP contribution in [0.15, 0.2) is 65.6 Å². The van der Waals surface area contributed by atoms with Crippen LogP contribution in [0.25, 0.3) is 22.4 Å². The Bertz CT molecular complexity index is 1130. The zero-order valence-corrected chi connectivity index (χ0v) is 14.4. The number of aliphatic hydroxyl groups excluding tert-OH is 1. The SMILES string of the molecule is Nc1cccc2nc(-c3c(NCC(O)c4ccccc4)cc[nH]c3=O)[nH]c12. The molecule has 0 aliphatic rings. The molecule has 4 aromatic rings. The second kappa shape index (κ2) is 6.97. The molecule has 0 saturated heterocycles. The van der Waals surface area contributed by atoms with Crippen molar-refractivity contribution in [2.45, 2.75) is 6.10 Å². The fourth-order valence-corrected chi connectivity index (χ4v) is 3.03. The highest BCUT2D eigenvalue weighted by Crippen LogP contribution is 2.27. The number of pyridine rings is 1. The number of hydrogen-bond donors (Lipinski definition) is 5. The molecule has 2 aromatic carbocycles. The molecule has 0 aliphatic heterocycles. The van der Waals surface area contributed by atoms with E-state index in [2.05, 4.69) is 20.3 Å². The number of nitrogen functional groups attached to an aromatic ring is 1. The molecule has 6 N–H and O–H groups in total. The minimum absolute atomic E-state index is 0.253. The summed E-state index contributed by atoms with van der Waals surface area (Å²) in [6.45, 7) is 0.253. The number of nitrogens with zero attached hydrogens (tertiary/aromatic N) is 1. The second-order valence-electron chi connectivity index (χ2n) is 6.23. The summed E-state index contributed by atoms with van der Waals surface area (Å²) < 4.78 is 0. The summed E-state index contributed by atoms with van der Waals surface area (Å²) in [4.78, 5) is 22.7. The summed E-state index contributed by atoms with van der Waals surface area (Å²) in [6, 6.07) is 16.5. The standard InChI is InChI=1S/C20H19N5O2/c21-13-7-4-8-15-18(13)25-19(24-15)17-14(9-10-22-20(17)27)23-11-16(26)12-5-2-1-3-6-12/h1-10,16,26H,11,21H2,(H,24,25)(H2,22,23,27). The third-order valence-electron chi connectivity index (χ3n) is 4.42. The van der Waals surface area contributed by atoms with E-state index in [-0.39, 0.29) is 12.1 Å². The average Bonchev–Trinajstić information content (AvgIpc) is 3.12. The molecule has 0 saturated carbocycles. The summed E-state index contributed by atoms with van der Waals surface area (Å²) in [7, 11) is 0. The number of aromatic amines is 2. The molecule has 27 heavy (non-hydrogen) atoms. The first kappa shape index (κ1) is 16.9. The molecule has 0 spiro atoms. The Kier molecular flexibility index (Phi) is 4.35. The third kappa shape index (κ3) is 3.28. The van der Waals surface area contributed by atoms with Gasteiger partial charge in [0.05, 0.1) is 28.5 Å². The van der Waals surface area contributed by atoms with E-state index in [0.717, 1.165) is 5.56 Å². The average molecular weight is 361 g/mol. The topological polar surface area (TPSA) is 120 Å². The normalized spacial score (nSPS) is 12.2. The second-order valence-corrected chi connectivity index (χ2v) is 6.23. The molecule has 7 heteroatoms. The maximum absolute atomic E-state index is 12.5. The first-order valence-electron chi connectivity index (χ1n) is 8.56. The molecule has 2 aromatic heterocycles. The molecule has 0 radical (unpaired) electrons. The highest BCUT2D eigenvalue weighted by atomic mass is 16.3. The lowest BCUT2D eigenvalue weighted by Gasteiger charge is -2.14. The number of nitrogens with one attached hydrogen (secondary N) is 3. The van der Waals surface area contributed by atoms with Gasteiger partial charge in [0.15, 0.2) is 0 Å². The lowest BCUT2D eigenvalue weighted by Crippen LogP contribution is -2.17. The molecule has 1 unspecified atom stereocenters. The Morgan fingerprint density at radius 3 is 2.70 bits per heavy atom. The van der Waals surface area contributed by atoms with Crippen molar-refractivity contribution in [3.05, 3.63) is 76.7 Å². The van der Waals surface area contributed by atoms with E-state index in [9.17, 15) is 9.90 Å². The number of para-hydroxylation sites is 1. The van der Waals surface area contributed by atoms with E-state index in [0.29, 0.717) is 33.8 Å². The van der Waals surface area contributed by atoms with Gasteiger partial charge in [0.1, 0.15) is 11.4 Å². The van der Waals surface area contributed by atoms with Crippen LogP contribution in [0.4, 0.5) is 11.4 Å². The van der Waals surface area contributed by atoms with Gasteiger partial charge in [0.2, 0.25) is 0 Å². The van der Waals surface area contributed by atoms with Crippen LogP contribution in [0.1, 0.15) is 11.7 Å². The predicted octanol–water partition coefficient (Wildman–Crippen LogP) is 2.65. The zero-order chi connectivity index (χ0) is 18.8. The lowest BCUT2D eigenvalue weighted by atomic mass is 10.1. The van der Waals surface area contributed by atoms with Crippen LogP contribution in [-0.2, 0) is 0 Å². The molecule has 1 atom stereocenters. The number of aliphatic hydroxyl groups is 1. The van der Waals surface area contributed by atoms with Crippen LogP contribution >= 0.6 is 0 Å². The Morgan fingerprint density at radius 1 is 1.11 bits per heavy atom. The summed E-state index contributed by atoms with van der Waals surface area (Å²) >= 11 is 0. The van der Waals surface area contributed by atoms with Crippen molar-refractivity contribution in [1.82, 2.24) is 15.0 Å². The third-order valence-corrected chi connectivity index (χ3v) is 4.42. The molecular weight excluding hydrogens is 342 g/mol. The fraction of sp³-hybridized carbons (Fsp3) is 0.100. The summed E-state index contributed by atoms with van der Waals surface area (Å²) in [5.41, 5.74) is 9.37. The van der Waals surface area contributed by atoms with Crippen molar-refractivity contribution >= 4 is 22.4 Å². The molecule has 2 heterocycles. The van der Waals surface area contributed by atoms with Crippen molar-refractivity contribution in [1.29, 1.82) is 0 Å². The molecular formula is C20H19N5O2. The van der Waals surface area contributed by atoms with Gasteiger partial charge >= 0.3 is 0 Å². The number of rotatable bonds is 5. The molecule has 136 valence electrons. The molecule has 0 fully saturated rings. The van der Waals surface area contributed by atoms with Gasteiger partial charge in [-0.15, -0.1) is 0 Å². The van der Waals surface area contributed by atoms with Crippen LogP contribution in [0.5, 0.6) is 0 Å². The van der Waals surface area contributed by atoms with Gasteiger partial charge in [-0.3, -0.25) is 4.79 Å². The van der Waals surface area contributed by atoms with Crippen molar-refractivity contribution in [2.24, 2.45) is 0 Å². The number of hydrogen-bond acceptors (Lipinski definition) is 5. The summed E-state index contributed by atoms with van der Waals surface area (Å²) in [6.07, 6.45) is 0.852. The van der Waals surface area contributed by atoms with Crippen LogP contribution in [0.2, 0.25) is 0 Å². The van der Waals surface area contributed by atoms with E-state index in [1.807, 2.05) is 42.5 Å². The van der Waals surface area contributed by atoms with Crippen molar-refractivity contribution < 1.29 is 5.11 Å². The Labute approximate surface area is 154 Å². The zero-order valence-electron chi connectivity index (χ0n) is 14.4. The van der Waals surface area contributed by atoms with Gasteiger partial charge in [-0.25, -0.2) is 4.98 Å². The molecule has 0 amide bonds. The smallest absolute Gasteiger partial charge is 0.261 e. The maximum Gasteiger partial charge on any atom is 0.261 e. The molecule has 0 bridgehead atoms. The first-order chi connectivity index (χ1) is 13.1. The number of H-pyrrole nitrogens is 2. The highest BCUT2D eigenvalue weighted by molar-refractivity contribution is 5.90. The Morgan fingerprint density at radius 2 is 1.93 bits per heavy atom. The Balaban J connectivity index is 1.67. The molecule has 7 nitrogen and oxygen atoms in total. The van der Waals surface area contributed by atoms with Crippen LogP contribution < -0.4 is 16.6 Å². The van der Waals surface area contributed by atoms with Crippen LogP contribution in [0, 0.1) is 0 Å². The number of benzene rings is 2. The first-order valence-corrected chi connectivity index (χ1v) is 8.56. The van der Waals surface area contributed by atoms with Crippen molar-refractivity contribution in [3.63, 3.8) is 0 Å². The van der Waals surface area contributed by atoms with Gasteiger partial charge < -0.3 is 26.1 Å². The van der Waals surface area contributed by atoms with E-state index < -0.39 is 6.10 Å². The van der Waals surface area contributed by atoms with E-state index in [1.54, 1.807) is 18.3 Å². The largest absolute Gasteiger partial charge is 0.397 e. The van der Waals surface area contributed by atoms with Crippen molar-refractivity contribution in [2.75, 3.05) is 17.6 Å². The van der Waals surface area contributed by atoms with Gasteiger partial charge in [0, 0.05) is 12.7 Å². The monoisotopic (exact) mass is 361 g/mol. The van der Waals surface area contributed by atoms with E-state index in [4.69, 9.17) is 5.73 Å². The minimum Gasteiger partial charge on any atom is -0.397 e. The quantitative estimate of drug-likeness (QED) is 0.350. The number of aromatic nitrogens is 3. The summed E-state index contributed by atoms with van der Waals surface area (Å²) in [5.74, 6) is 0.418. The number of imidazole rings is 1. The fourth-order valence-electron chi connectivity index (χ4n) is 3.03. The minimum atomic E-state index is -0.704. The molecule has 0 aliphatic carbocycles. The van der Waals surface area contributed by atoms with Crippen LogP contribution in [-0.4, -0.2) is 26.6 Å². The van der Waals surface area contributed by atoms with Crippen molar-refractivity contribution in [3.8, 4) is 11.4 Å². The molecule has 4 rings (SSSR count). The van der Waals surface area contributed by atoms with Gasteiger partial charge in [-0.1, -0.05) is 36.4 Å². The number of fused-ring (bicyclic) bond motifs is 1. The van der Waals surface area contributed by atoms with E-state index >= 15 is 0 Å². The number of anilines is 2. The lowest BCUT2D eigenvalue weighted by molar-refractivity contribution is 0.191. The van der Waals surface area contributed by atoms with Crippen LogP contribution in [0.3, 0.4) is 0 Å². The maximum atomic E-state index is 12.5.